The largest absolute Gasteiger partial charge is 0.497 e. The van der Waals surface area contributed by atoms with Crippen molar-refractivity contribution in [2.24, 2.45) is 0 Å². The molecule has 0 atom stereocenters. The van der Waals surface area contributed by atoms with Crippen molar-refractivity contribution in [2.75, 3.05) is 20.2 Å². The van der Waals surface area contributed by atoms with E-state index in [1.807, 2.05) is 66.0 Å². The van der Waals surface area contributed by atoms with Gasteiger partial charge < -0.3 is 20.1 Å². The highest BCUT2D eigenvalue weighted by Gasteiger charge is 2.22. The first-order valence-corrected chi connectivity index (χ1v) is 13.5. The van der Waals surface area contributed by atoms with Gasteiger partial charge in [-0.1, -0.05) is 54.6 Å². The summed E-state index contributed by atoms with van der Waals surface area (Å²) in [5.74, 6) is -0.789. The lowest BCUT2D eigenvalue weighted by Crippen LogP contribution is -2.35. The van der Waals surface area contributed by atoms with Crippen LogP contribution in [0.1, 0.15) is 37.6 Å². The average molecular weight is 543 g/mol. The number of nitrogens with one attached hydrogen (secondary N) is 1. The molecule has 0 saturated carbocycles. The third-order valence-corrected chi connectivity index (χ3v) is 7.23. The number of carboxylic acid groups (broad SMARTS) is 1. The Labute approximate surface area is 231 Å². The Bertz CT molecular complexity index is 1430. The van der Waals surface area contributed by atoms with Gasteiger partial charge >= 0.3 is 5.97 Å². The molecular weight excluding hydrogens is 512 g/mol. The molecule has 200 valence electrons. The monoisotopic (exact) mass is 542 g/mol. The Morgan fingerprint density at radius 2 is 1.59 bits per heavy atom. The number of amides is 2. The molecule has 0 unspecified atom stereocenters. The molecule has 7 nitrogen and oxygen atoms in total. The van der Waals surface area contributed by atoms with E-state index in [-0.39, 0.29) is 24.8 Å². The fourth-order valence-corrected chi connectivity index (χ4v) is 4.99. The Kier molecular flexibility index (Phi) is 9.48. The summed E-state index contributed by atoms with van der Waals surface area (Å²) in [5, 5.41) is 14.2. The number of hydrogen-bond donors (Lipinski definition) is 2. The minimum atomic E-state index is -0.963. The van der Waals surface area contributed by atoms with Crippen molar-refractivity contribution in [1.29, 1.82) is 0 Å². The molecule has 0 saturated heterocycles. The minimum Gasteiger partial charge on any atom is -0.497 e. The summed E-state index contributed by atoms with van der Waals surface area (Å²) in [6.07, 6.45) is 0.482. The maximum absolute atomic E-state index is 13.8. The van der Waals surface area contributed by atoms with E-state index < -0.39 is 5.97 Å². The van der Waals surface area contributed by atoms with Crippen LogP contribution in [0.3, 0.4) is 0 Å². The van der Waals surface area contributed by atoms with Crippen LogP contribution in [0.15, 0.2) is 90.3 Å². The Morgan fingerprint density at radius 1 is 0.872 bits per heavy atom. The van der Waals surface area contributed by atoms with Gasteiger partial charge in [0.1, 0.15) is 5.75 Å². The average Bonchev–Trinajstić information content (AvgIpc) is 3.49. The number of benzene rings is 3. The zero-order chi connectivity index (χ0) is 27.6. The molecule has 4 rings (SSSR count). The van der Waals surface area contributed by atoms with Gasteiger partial charge in [0.2, 0.25) is 0 Å². The number of methoxy groups -OCH3 is 1. The van der Waals surface area contributed by atoms with Crippen LogP contribution in [-0.4, -0.2) is 48.0 Å². The molecule has 0 bridgehead atoms. The van der Waals surface area contributed by atoms with Gasteiger partial charge in [-0.25, -0.2) is 0 Å². The lowest BCUT2D eigenvalue weighted by Gasteiger charge is -2.24. The first kappa shape index (κ1) is 27.6. The lowest BCUT2D eigenvalue weighted by atomic mass is 9.94. The minimum absolute atomic E-state index is 0.0938. The van der Waals surface area contributed by atoms with E-state index in [4.69, 9.17) is 4.74 Å². The smallest absolute Gasteiger partial charge is 0.305 e. The van der Waals surface area contributed by atoms with Gasteiger partial charge in [0.15, 0.2) is 0 Å². The Hall–Kier alpha value is -4.43. The number of carbonyl (C=O) groups excluding carboxylic acids is 2. The molecule has 2 amide bonds. The van der Waals surface area contributed by atoms with Gasteiger partial charge in [-0.2, -0.15) is 0 Å². The van der Waals surface area contributed by atoms with Crippen LogP contribution < -0.4 is 10.1 Å². The fourth-order valence-electron chi connectivity index (χ4n) is 4.30. The molecule has 4 aromatic rings. The summed E-state index contributed by atoms with van der Waals surface area (Å²) in [5.41, 5.74) is 3.00. The third kappa shape index (κ3) is 7.33. The van der Waals surface area contributed by atoms with Crippen LogP contribution in [0.5, 0.6) is 5.75 Å². The van der Waals surface area contributed by atoms with Crippen LogP contribution in [0, 0.1) is 0 Å². The van der Waals surface area contributed by atoms with Crippen molar-refractivity contribution in [3.8, 4) is 16.9 Å². The zero-order valence-corrected chi connectivity index (χ0v) is 22.4. The van der Waals surface area contributed by atoms with Gasteiger partial charge in [0.25, 0.3) is 11.8 Å². The van der Waals surface area contributed by atoms with E-state index in [1.54, 1.807) is 47.6 Å². The first-order valence-electron chi connectivity index (χ1n) is 12.6. The van der Waals surface area contributed by atoms with Crippen LogP contribution in [-0.2, 0) is 17.8 Å². The highest BCUT2D eigenvalue weighted by Crippen LogP contribution is 2.29. The summed E-state index contributed by atoms with van der Waals surface area (Å²) in [4.78, 5) is 41.1. The molecule has 1 aromatic heterocycles. The molecule has 39 heavy (non-hydrogen) atoms. The standard InChI is InChI=1S/C31H30N2O5S/c1-38-23-9-6-8-22(20-23)21-32-30(36)27-13-4-2-11-25(27)26-12-3-5-14-28(26)31(37)33(18-16-29(34)35)17-15-24-10-7-19-39-24/h2-14,19-20H,15-18,21H2,1H3,(H,32,36)(H,34,35). The van der Waals surface area contributed by atoms with Crippen LogP contribution in [0.25, 0.3) is 11.1 Å². The van der Waals surface area contributed by atoms with E-state index in [0.29, 0.717) is 47.5 Å². The molecule has 0 aliphatic carbocycles. The summed E-state index contributed by atoms with van der Waals surface area (Å²) < 4.78 is 5.27. The molecule has 0 fully saturated rings. The number of nitrogens with zero attached hydrogens (tertiary/aromatic N) is 1. The van der Waals surface area contributed by atoms with Crippen LogP contribution in [0.4, 0.5) is 0 Å². The van der Waals surface area contributed by atoms with Gasteiger partial charge in [0.05, 0.1) is 13.5 Å². The quantitative estimate of drug-likeness (QED) is 0.246. The van der Waals surface area contributed by atoms with Gasteiger partial charge in [-0.15, -0.1) is 11.3 Å². The highest BCUT2D eigenvalue weighted by atomic mass is 32.1. The van der Waals surface area contributed by atoms with Crippen molar-refractivity contribution in [1.82, 2.24) is 10.2 Å². The maximum Gasteiger partial charge on any atom is 0.305 e. The highest BCUT2D eigenvalue weighted by molar-refractivity contribution is 7.09. The molecule has 0 spiro atoms. The number of rotatable bonds is 12. The van der Waals surface area contributed by atoms with Crippen molar-refractivity contribution in [3.05, 3.63) is 112 Å². The van der Waals surface area contributed by atoms with E-state index in [1.165, 1.54) is 0 Å². The van der Waals surface area contributed by atoms with Crippen LogP contribution >= 0.6 is 11.3 Å². The zero-order valence-electron chi connectivity index (χ0n) is 21.6. The van der Waals surface area contributed by atoms with E-state index in [2.05, 4.69) is 5.32 Å². The molecular formula is C31H30N2O5S. The Balaban J connectivity index is 1.59. The summed E-state index contributed by atoms with van der Waals surface area (Å²) in [7, 11) is 1.59. The van der Waals surface area contributed by atoms with E-state index in [9.17, 15) is 19.5 Å². The summed E-state index contributed by atoms with van der Waals surface area (Å²) in [6, 6.07) is 25.7. The van der Waals surface area contributed by atoms with Crippen molar-refractivity contribution in [2.45, 2.75) is 19.4 Å². The number of ether oxygens (including phenoxy) is 1. The third-order valence-electron chi connectivity index (χ3n) is 6.30. The number of hydrogen-bond acceptors (Lipinski definition) is 5. The molecule has 0 radical (unpaired) electrons. The number of thiophene rings is 1. The van der Waals surface area contributed by atoms with Crippen LogP contribution in [0.2, 0.25) is 0 Å². The molecule has 0 aliphatic heterocycles. The second kappa shape index (κ2) is 13.4. The number of aliphatic carboxylic acids is 1. The van der Waals surface area contributed by atoms with Crippen molar-refractivity contribution < 1.29 is 24.2 Å². The number of carboxylic acids is 1. The molecule has 3 aromatic carbocycles. The van der Waals surface area contributed by atoms with Crippen molar-refractivity contribution >= 4 is 29.1 Å². The summed E-state index contributed by atoms with van der Waals surface area (Å²) in [6.45, 7) is 0.802. The topological polar surface area (TPSA) is 95.9 Å². The van der Waals surface area contributed by atoms with E-state index >= 15 is 0 Å². The predicted molar refractivity (Wildman–Crippen MR) is 152 cm³/mol. The first-order chi connectivity index (χ1) is 19.0. The maximum atomic E-state index is 13.8. The lowest BCUT2D eigenvalue weighted by molar-refractivity contribution is -0.137. The second-order valence-electron chi connectivity index (χ2n) is 8.89. The normalized spacial score (nSPS) is 10.6. The number of carbonyl (C=O) groups is 3. The Morgan fingerprint density at radius 3 is 2.28 bits per heavy atom. The van der Waals surface area contributed by atoms with Gasteiger partial charge in [0, 0.05) is 35.6 Å². The SMILES string of the molecule is COc1cccc(CNC(=O)c2ccccc2-c2ccccc2C(=O)N(CCC(=O)O)CCc2cccs2)c1. The van der Waals surface area contributed by atoms with E-state index in [0.717, 1.165) is 10.4 Å². The molecule has 8 heteroatoms. The van der Waals surface area contributed by atoms with Gasteiger partial charge in [-0.05, 0) is 58.8 Å². The fraction of sp³-hybridized carbons (Fsp3) is 0.194. The molecule has 0 aliphatic rings. The summed E-state index contributed by atoms with van der Waals surface area (Å²) >= 11 is 1.60. The predicted octanol–water partition coefficient (Wildman–Crippen LogP) is 5.51. The molecule has 2 N–H and O–H groups in total. The van der Waals surface area contributed by atoms with Crippen molar-refractivity contribution in [3.63, 3.8) is 0 Å². The molecule has 1 heterocycles. The van der Waals surface area contributed by atoms with Gasteiger partial charge in [-0.3, -0.25) is 14.4 Å². The second-order valence-corrected chi connectivity index (χ2v) is 9.92.